The van der Waals surface area contributed by atoms with Crippen LogP contribution in [-0.2, 0) is 11.2 Å². The van der Waals surface area contributed by atoms with Crippen LogP contribution in [0.25, 0.3) is 0 Å². The van der Waals surface area contributed by atoms with Crippen LogP contribution in [0.15, 0.2) is 36.7 Å². The summed E-state index contributed by atoms with van der Waals surface area (Å²) >= 11 is 0. The minimum Gasteiger partial charge on any atom is -0.460 e. The summed E-state index contributed by atoms with van der Waals surface area (Å²) < 4.78 is 5.62. The first-order valence-electron chi connectivity index (χ1n) is 8.07. The zero-order valence-corrected chi connectivity index (χ0v) is 13.4. The second kappa shape index (κ2) is 7.60. The summed E-state index contributed by atoms with van der Waals surface area (Å²) in [4.78, 5) is 19.2. The molecule has 1 heterocycles. The summed E-state index contributed by atoms with van der Waals surface area (Å²) in [5, 5.41) is 0. The number of hydrogen-bond donors (Lipinski definition) is 1. The lowest BCUT2D eigenvalue weighted by Gasteiger charge is -2.24. The average Bonchev–Trinajstić information content (AvgIpc) is 2.56. The highest BCUT2D eigenvalue weighted by atomic mass is 16.5. The van der Waals surface area contributed by atoms with Crippen LogP contribution in [0, 0.1) is 11.8 Å². The van der Waals surface area contributed by atoms with Crippen molar-refractivity contribution in [2.45, 2.75) is 38.2 Å². The topological polar surface area (TPSA) is 78.1 Å². The van der Waals surface area contributed by atoms with Gasteiger partial charge in [-0.25, -0.2) is 9.97 Å². The van der Waals surface area contributed by atoms with Crippen molar-refractivity contribution in [1.29, 1.82) is 0 Å². The molecule has 0 atom stereocenters. The number of ether oxygens (including phenoxy) is 1. The zero-order valence-electron chi connectivity index (χ0n) is 13.4. The van der Waals surface area contributed by atoms with Crippen molar-refractivity contribution in [3.8, 4) is 17.9 Å². The van der Waals surface area contributed by atoms with Gasteiger partial charge in [-0.1, -0.05) is 24.0 Å². The molecular formula is C19H19N3O2. The third-order valence-electron chi connectivity index (χ3n) is 3.92. The van der Waals surface area contributed by atoms with Gasteiger partial charge in [0.05, 0.1) is 5.56 Å². The molecule has 0 saturated heterocycles. The van der Waals surface area contributed by atoms with Crippen molar-refractivity contribution >= 4 is 5.91 Å². The molecule has 0 bridgehead atoms. The van der Waals surface area contributed by atoms with Crippen molar-refractivity contribution < 1.29 is 9.53 Å². The highest BCUT2D eigenvalue weighted by molar-refractivity contribution is 5.74. The molecule has 3 rings (SSSR count). The number of benzene rings is 1. The molecule has 0 aliphatic heterocycles. The number of aryl methyl sites for hydroxylation is 1. The maximum atomic E-state index is 10.8. The van der Waals surface area contributed by atoms with Gasteiger partial charge in [-0.15, -0.1) is 0 Å². The molecule has 1 saturated carbocycles. The minimum absolute atomic E-state index is 0.273. The molecule has 0 unspecified atom stereocenters. The van der Waals surface area contributed by atoms with Gasteiger partial charge in [0.2, 0.25) is 5.91 Å². The number of aromatic nitrogens is 2. The molecule has 24 heavy (non-hydrogen) atoms. The lowest BCUT2D eigenvalue weighted by Crippen LogP contribution is -2.25. The molecule has 2 aromatic rings. The Morgan fingerprint density at radius 1 is 1.12 bits per heavy atom. The maximum Gasteiger partial charge on any atom is 0.316 e. The van der Waals surface area contributed by atoms with E-state index in [1.165, 1.54) is 6.42 Å². The van der Waals surface area contributed by atoms with E-state index in [1.807, 2.05) is 24.3 Å². The molecule has 1 fully saturated rings. The van der Waals surface area contributed by atoms with Crippen LogP contribution in [0.3, 0.4) is 0 Å². The number of rotatable bonds is 5. The number of carbonyl (C=O) groups excluding carboxylic acids is 1. The van der Waals surface area contributed by atoms with Crippen molar-refractivity contribution in [3.05, 3.63) is 53.3 Å². The lowest BCUT2D eigenvalue weighted by molar-refractivity contribution is -0.117. The van der Waals surface area contributed by atoms with E-state index in [0.29, 0.717) is 18.9 Å². The summed E-state index contributed by atoms with van der Waals surface area (Å²) in [6.07, 6.45) is 8.02. The molecule has 2 N–H and O–H groups in total. The third-order valence-corrected chi connectivity index (χ3v) is 3.92. The quantitative estimate of drug-likeness (QED) is 0.857. The number of hydrogen-bond acceptors (Lipinski definition) is 4. The summed E-state index contributed by atoms with van der Waals surface area (Å²) in [6.45, 7) is 0. The lowest BCUT2D eigenvalue weighted by atomic mass is 9.96. The fourth-order valence-corrected chi connectivity index (χ4v) is 2.25. The van der Waals surface area contributed by atoms with Gasteiger partial charge >= 0.3 is 6.01 Å². The summed E-state index contributed by atoms with van der Waals surface area (Å²) in [5.41, 5.74) is 7.86. The second-order valence-corrected chi connectivity index (χ2v) is 5.84. The fraction of sp³-hybridized carbons (Fsp3) is 0.316. The molecule has 0 spiro atoms. The van der Waals surface area contributed by atoms with Crippen LogP contribution < -0.4 is 10.5 Å². The average molecular weight is 321 g/mol. The first-order valence-corrected chi connectivity index (χ1v) is 8.07. The van der Waals surface area contributed by atoms with E-state index in [2.05, 4.69) is 21.8 Å². The summed E-state index contributed by atoms with van der Waals surface area (Å²) in [6, 6.07) is 8.19. The Bertz CT molecular complexity index is 754. The van der Waals surface area contributed by atoms with Crippen LogP contribution in [0.1, 0.15) is 42.4 Å². The van der Waals surface area contributed by atoms with E-state index in [9.17, 15) is 4.79 Å². The van der Waals surface area contributed by atoms with Gasteiger partial charge in [0.25, 0.3) is 0 Å². The largest absolute Gasteiger partial charge is 0.460 e. The highest BCUT2D eigenvalue weighted by Gasteiger charge is 2.19. The molecule has 1 aromatic heterocycles. The second-order valence-electron chi connectivity index (χ2n) is 5.84. The molecule has 5 heteroatoms. The Hall–Kier alpha value is -2.87. The van der Waals surface area contributed by atoms with Crippen LogP contribution in [0.5, 0.6) is 6.01 Å². The van der Waals surface area contributed by atoms with Gasteiger partial charge in [0, 0.05) is 24.4 Å². The summed E-state index contributed by atoms with van der Waals surface area (Å²) in [7, 11) is 0. The van der Waals surface area contributed by atoms with E-state index in [0.717, 1.165) is 29.5 Å². The first-order chi connectivity index (χ1) is 11.7. The molecule has 0 radical (unpaired) electrons. The normalized spacial score (nSPS) is 13.5. The zero-order chi connectivity index (χ0) is 16.8. The molecule has 122 valence electrons. The molecule has 1 aliphatic rings. The van der Waals surface area contributed by atoms with Gasteiger partial charge in [-0.2, -0.15) is 0 Å². The van der Waals surface area contributed by atoms with Crippen molar-refractivity contribution in [2.24, 2.45) is 5.73 Å². The smallest absolute Gasteiger partial charge is 0.316 e. The van der Waals surface area contributed by atoms with E-state index in [-0.39, 0.29) is 12.0 Å². The van der Waals surface area contributed by atoms with Crippen molar-refractivity contribution in [2.75, 3.05) is 0 Å². The van der Waals surface area contributed by atoms with Gasteiger partial charge in [-0.3, -0.25) is 4.79 Å². The third kappa shape index (κ3) is 4.56. The standard InChI is InChI=1S/C19H19N3O2/c20-18(23)11-10-15-6-4-14(5-7-15)8-9-16-12-21-19(22-13-16)24-17-2-1-3-17/h4-7,12-13,17H,1-3,10-11H2,(H2,20,23). The Morgan fingerprint density at radius 3 is 2.38 bits per heavy atom. The van der Waals surface area contributed by atoms with E-state index in [4.69, 9.17) is 10.5 Å². The predicted molar refractivity (Wildman–Crippen MR) is 90.2 cm³/mol. The predicted octanol–water partition coefficient (Wildman–Crippen LogP) is 2.23. The number of nitrogens with two attached hydrogens (primary N) is 1. The first kappa shape index (κ1) is 16.0. The number of carbonyl (C=O) groups is 1. The molecule has 1 amide bonds. The van der Waals surface area contributed by atoms with Gasteiger partial charge in [-0.05, 0) is 43.4 Å². The molecular weight excluding hydrogens is 302 g/mol. The number of nitrogens with zero attached hydrogens (tertiary/aromatic N) is 2. The number of amides is 1. The molecule has 5 nitrogen and oxygen atoms in total. The van der Waals surface area contributed by atoms with E-state index < -0.39 is 0 Å². The Morgan fingerprint density at radius 2 is 1.79 bits per heavy atom. The van der Waals surface area contributed by atoms with Gasteiger partial charge in [0.1, 0.15) is 6.10 Å². The van der Waals surface area contributed by atoms with Crippen molar-refractivity contribution in [1.82, 2.24) is 9.97 Å². The van der Waals surface area contributed by atoms with Crippen LogP contribution in [0.4, 0.5) is 0 Å². The fourth-order valence-electron chi connectivity index (χ4n) is 2.25. The van der Waals surface area contributed by atoms with Crippen LogP contribution in [-0.4, -0.2) is 22.0 Å². The minimum atomic E-state index is -0.288. The molecule has 1 aliphatic carbocycles. The van der Waals surface area contributed by atoms with Crippen LogP contribution >= 0.6 is 0 Å². The van der Waals surface area contributed by atoms with Gasteiger partial charge < -0.3 is 10.5 Å². The highest BCUT2D eigenvalue weighted by Crippen LogP contribution is 2.22. The SMILES string of the molecule is NC(=O)CCc1ccc(C#Cc2cnc(OC3CCC3)nc2)cc1. The van der Waals surface area contributed by atoms with E-state index in [1.54, 1.807) is 12.4 Å². The summed E-state index contributed by atoms with van der Waals surface area (Å²) in [5.74, 6) is 5.82. The Labute approximate surface area is 141 Å². The monoisotopic (exact) mass is 321 g/mol. The molecule has 1 aromatic carbocycles. The Kier molecular flexibility index (Phi) is 5.07. The van der Waals surface area contributed by atoms with Gasteiger partial charge in [0.15, 0.2) is 0 Å². The Balaban J connectivity index is 1.58. The number of primary amides is 1. The van der Waals surface area contributed by atoms with Crippen molar-refractivity contribution in [3.63, 3.8) is 0 Å². The van der Waals surface area contributed by atoms with E-state index >= 15 is 0 Å². The van der Waals surface area contributed by atoms with Crippen LogP contribution in [0.2, 0.25) is 0 Å². The maximum absolute atomic E-state index is 10.8.